The number of nitrogens with one attached hydrogen (secondary N) is 2. The topological polar surface area (TPSA) is 61.4 Å². The molecule has 0 heterocycles. The number of rotatable bonds is 5. The molecule has 0 aromatic heterocycles. The molecule has 0 bridgehead atoms. The van der Waals surface area contributed by atoms with Gasteiger partial charge in [0.05, 0.1) is 6.10 Å². The smallest absolute Gasteiger partial charge is 0.393 e. The summed E-state index contributed by atoms with van der Waals surface area (Å²) in [5.41, 5.74) is 0. The summed E-state index contributed by atoms with van der Waals surface area (Å²) >= 11 is 0. The van der Waals surface area contributed by atoms with Crippen molar-refractivity contribution in [2.24, 2.45) is 5.92 Å². The fourth-order valence-corrected chi connectivity index (χ4v) is 0.910. The summed E-state index contributed by atoms with van der Waals surface area (Å²) in [5, 5.41) is 13.2. The largest absolute Gasteiger partial charge is 0.405 e. The van der Waals surface area contributed by atoms with Crippen molar-refractivity contribution in [1.29, 1.82) is 0 Å². The highest BCUT2D eigenvalue weighted by atomic mass is 19.4. The van der Waals surface area contributed by atoms with Crippen LogP contribution in [0, 0.1) is 5.92 Å². The first-order chi connectivity index (χ1) is 7.22. The van der Waals surface area contributed by atoms with Crippen LogP contribution in [0.25, 0.3) is 0 Å². The van der Waals surface area contributed by atoms with Crippen molar-refractivity contribution >= 4 is 6.03 Å². The van der Waals surface area contributed by atoms with Gasteiger partial charge < -0.3 is 15.7 Å². The van der Waals surface area contributed by atoms with Crippen molar-refractivity contribution in [3.8, 4) is 0 Å². The normalized spacial score (nSPS) is 13.7. The third-order valence-corrected chi connectivity index (χ3v) is 1.94. The Morgan fingerprint density at radius 3 is 2.31 bits per heavy atom. The quantitative estimate of drug-likeness (QED) is 0.679. The molecule has 7 heteroatoms. The Morgan fingerprint density at radius 1 is 1.31 bits per heavy atom. The molecule has 0 radical (unpaired) electrons. The molecule has 0 saturated heterocycles. The third-order valence-electron chi connectivity index (χ3n) is 1.94. The van der Waals surface area contributed by atoms with E-state index in [4.69, 9.17) is 0 Å². The van der Waals surface area contributed by atoms with Gasteiger partial charge in [-0.3, -0.25) is 0 Å². The summed E-state index contributed by atoms with van der Waals surface area (Å²) in [7, 11) is 0. The van der Waals surface area contributed by atoms with E-state index in [0.717, 1.165) is 0 Å². The van der Waals surface area contributed by atoms with E-state index >= 15 is 0 Å². The first-order valence-electron chi connectivity index (χ1n) is 4.99. The minimum atomic E-state index is -4.41. The average Bonchev–Trinajstić information content (AvgIpc) is 2.13. The molecule has 0 aromatic carbocycles. The third kappa shape index (κ3) is 8.34. The molecule has 0 aliphatic heterocycles. The Hall–Kier alpha value is -0.980. The fraction of sp³-hybridized carbons (Fsp3) is 0.889. The minimum absolute atomic E-state index is 0.0556. The van der Waals surface area contributed by atoms with Crippen molar-refractivity contribution < 1.29 is 23.1 Å². The van der Waals surface area contributed by atoms with Gasteiger partial charge >= 0.3 is 12.2 Å². The van der Waals surface area contributed by atoms with E-state index in [9.17, 15) is 23.1 Å². The Labute approximate surface area is 92.2 Å². The first kappa shape index (κ1) is 15.0. The van der Waals surface area contributed by atoms with E-state index in [1.54, 1.807) is 5.32 Å². The number of amides is 2. The van der Waals surface area contributed by atoms with Gasteiger partial charge in [-0.25, -0.2) is 4.79 Å². The van der Waals surface area contributed by atoms with Crippen molar-refractivity contribution in [2.45, 2.75) is 32.5 Å². The second kappa shape index (κ2) is 6.57. The predicted molar refractivity (Wildman–Crippen MR) is 52.9 cm³/mol. The molecule has 16 heavy (non-hydrogen) atoms. The average molecular weight is 242 g/mol. The van der Waals surface area contributed by atoms with E-state index in [-0.39, 0.29) is 12.5 Å². The summed E-state index contributed by atoms with van der Waals surface area (Å²) in [6, 6.07) is -0.881. The number of halogens is 3. The van der Waals surface area contributed by atoms with Crippen molar-refractivity contribution in [2.75, 3.05) is 13.1 Å². The van der Waals surface area contributed by atoms with Crippen LogP contribution in [0.3, 0.4) is 0 Å². The van der Waals surface area contributed by atoms with Gasteiger partial charge in [-0.1, -0.05) is 13.8 Å². The highest BCUT2D eigenvalue weighted by Crippen LogP contribution is 2.11. The lowest BCUT2D eigenvalue weighted by molar-refractivity contribution is -0.122. The van der Waals surface area contributed by atoms with E-state index < -0.39 is 24.9 Å². The summed E-state index contributed by atoms with van der Waals surface area (Å²) in [6.45, 7) is 2.41. The molecule has 96 valence electrons. The van der Waals surface area contributed by atoms with Crippen molar-refractivity contribution in [3.63, 3.8) is 0 Å². The molecular weight excluding hydrogens is 225 g/mol. The van der Waals surface area contributed by atoms with Gasteiger partial charge in [0, 0.05) is 6.54 Å². The van der Waals surface area contributed by atoms with Gasteiger partial charge in [-0.2, -0.15) is 13.2 Å². The molecule has 0 rings (SSSR count). The molecule has 0 aliphatic carbocycles. The van der Waals surface area contributed by atoms with Gasteiger partial charge in [0.15, 0.2) is 0 Å². The fourth-order valence-electron chi connectivity index (χ4n) is 0.910. The number of hydrogen-bond acceptors (Lipinski definition) is 2. The number of alkyl halides is 3. The Balaban J connectivity index is 3.59. The van der Waals surface area contributed by atoms with E-state index in [1.807, 2.05) is 13.8 Å². The number of carbonyl (C=O) groups is 1. The zero-order valence-electron chi connectivity index (χ0n) is 9.27. The first-order valence-corrected chi connectivity index (χ1v) is 4.99. The van der Waals surface area contributed by atoms with Crippen LogP contribution in [-0.2, 0) is 0 Å². The Morgan fingerprint density at radius 2 is 1.88 bits per heavy atom. The van der Waals surface area contributed by atoms with Crippen LogP contribution in [-0.4, -0.2) is 36.5 Å². The van der Waals surface area contributed by atoms with Crippen LogP contribution in [0.15, 0.2) is 0 Å². The molecule has 0 saturated carbocycles. The van der Waals surface area contributed by atoms with Gasteiger partial charge in [0.2, 0.25) is 0 Å². The van der Waals surface area contributed by atoms with Crippen LogP contribution in [0.5, 0.6) is 0 Å². The number of hydrogen-bond donors (Lipinski definition) is 3. The second-order valence-corrected chi connectivity index (χ2v) is 3.82. The molecule has 3 N–H and O–H groups in total. The highest BCUT2D eigenvalue weighted by molar-refractivity contribution is 5.73. The lowest BCUT2D eigenvalue weighted by Crippen LogP contribution is -2.41. The van der Waals surface area contributed by atoms with Crippen LogP contribution >= 0.6 is 0 Å². The van der Waals surface area contributed by atoms with Crippen LogP contribution in [0.2, 0.25) is 0 Å². The molecule has 0 spiro atoms. The zero-order chi connectivity index (χ0) is 12.8. The Bertz CT molecular complexity index is 219. The molecule has 0 fully saturated rings. The second-order valence-electron chi connectivity index (χ2n) is 3.82. The SMILES string of the molecule is CC(C)C(O)CCNC(=O)NCC(F)(F)F. The summed E-state index contributed by atoms with van der Waals surface area (Å²) in [6.07, 6.45) is -4.66. The van der Waals surface area contributed by atoms with Crippen LogP contribution in [0.4, 0.5) is 18.0 Å². The van der Waals surface area contributed by atoms with Crippen LogP contribution in [0.1, 0.15) is 20.3 Å². The minimum Gasteiger partial charge on any atom is -0.393 e. The van der Waals surface area contributed by atoms with Crippen molar-refractivity contribution in [3.05, 3.63) is 0 Å². The van der Waals surface area contributed by atoms with Crippen LogP contribution < -0.4 is 10.6 Å². The molecule has 1 unspecified atom stereocenters. The van der Waals surface area contributed by atoms with E-state index in [2.05, 4.69) is 5.32 Å². The van der Waals surface area contributed by atoms with E-state index in [1.165, 1.54) is 0 Å². The summed E-state index contributed by atoms with van der Waals surface area (Å²) in [5.74, 6) is 0.0556. The summed E-state index contributed by atoms with van der Waals surface area (Å²) in [4.78, 5) is 10.8. The maximum atomic E-state index is 11.7. The Kier molecular flexibility index (Phi) is 6.17. The number of aliphatic hydroxyl groups is 1. The van der Waals surface area contributed by atoms with Gasteiger partial charge in [0.1, 0.15) is 6.54 Å². The zero-order valence-corrected chi connectivity index (χ0v) is 9.27. The maximum Gasteiger partial charge on any atom is 0.405 e. The molecule has 4 nitrogen and oxygen atoms in total. The van der Waals surface area contributed by atoms with E-state index in [0.29, 0.717) is 6.42 Å². The molecule has 0 aliphatic rings. The molecule has 0 aromatic rings. The highest BCUT2D eigenvalue weighted by Gasteiger charge is 2.27. The predicted octanol–water partition coefficient (Wildman–Crippen LogP) is 1.25. The lowest BCUT2D eigenvalue weighted by atomic mass is 10.0. The number of carbonyl (C=O) groups excluding carboxylic acids is 1. The standard InChI is InChI=1S/C9H17F3N2O2/c1-6(2)7(15)3-4-13-8(16)14-5-9(10,11)12/h6-7,15H,3-5H2,1-2H3,(H2,13,14,16). The summed E-state index contributed by atoms with van der Waals surface area (Å²) < 4.78 is 35.1. The lowest BCUT2D eigenvalue weighted by Gasteiger charge is -2.15. The molecule has 1 atom stereocenters. The number of aliphatic hydroxyl groups excluding tert-OH is 1. The molecule has 2 amide bonds. The van der Waals surface area contributed by atoms with Gasteiger partial charge in [-0.05, 0) is 12.3 Å². The maximum absolute atomic E-state index is 11.7. The number of urea groups is 1. The van der Waals surface area contributed by atoms with Gasteiger partial charge in [-0.15, -0.1) is 0 Å². The van der Waals surface area contributed by atoms with Gasteiger partial charge in [0.25, 0.3) is 0 Å². The monoisotopic (exact) mass is 242 g/mol. The molecular formula is C9H17F3N2O2. The van der Waals surface area contributed by atoms with Crippen molar-refractivity contribution in [1.82, 2.24) is 10.6 Å².